The highest BCUT2D eigenvalue weighted by atomic mass is 16.5. The second-order valence-electron chi connectivity index (χ2n) is 4.72. The van der Waals surface area contributed by atoms with Crippen molar-refractivity contribution in [3.05, 3.63) is 29.8 Å². The largest absolute Gasteiger partial charge is 0.497 e. The second-order valence-corrected chi connectivity index (χ2v) is 4.72. The predicted octanol–water partition coefficient (Wildman–Crippen LogP) is 1.83. The van der Waals surface area contributed by atoms with Gasteiger partial charge in [-0.15, -0.1) is 0 Å². The van der Waals surface area contributed by atoms with Gasteiger partial charge in [0.05, 0.1) is 13.2 Å². The number of hydrogen-bond donors (Lipinski definition) is 2. The zero-order valence-corrected chi connectivity index (χ0v) is 11.1. The minimum absolute atomic E-state index is 0.180. The molecule has 0 aliphatic carbocycles. The van der Waals surface area contributed by atoms with Crippen molar-refractivity contribution >= 4 is 5.91 Å². The number of benzene rings is 1. The average Bonchev–Trinajstić information content (AvgIpc) is 2.35. The van der Waals surface area contributed by atoms with Crippen LogP contribution in [0.25, 0.3) is 0 Å². The van der Waals surface area contributed by atoms with Gasteiger partial charge in [0, 0.05) is 12.1 Å². The topological polar surface area (TPSA) is 58.6 Å². The van der Waals surface area contributed by atoms with Crippen LogP contribution in [0.15, 0.2) is 24.3 Å². The Bertz CT molecular complexity index is 373. The Balaban J connectivity index is 2.44. The minimum atomic E-state index is -0.493. The SMILES string of the molecule is COc1ccc(C(=O)NCC(O)CC(C)C)cc1. The number of nitrogens with one attached hydrogen (secondary N) is 1. The lowest BCUT2D eigenvalue weighted by molar-refractivity contribution is 0.0900. The Labute approximate surface area is 108 Å². The fraction of sp³-hybridized carbons (Fsp3) is 0.500. The first kappa shape index (κ1) is 14.5. The highest BCUT2D eigenvalue weighted by Gasteiger charge is 2.10. The zero-order valence-electron chi connectivity index (χ0n) is 11.1. The van der Waals surface area contributed by atoms with E-state index in [0.717, 1.165) is 0 Å². The summed E-state index contributed by atoms with van der Waals surface area (Å²) in [6, 6.07) is 6.87. The molecule has 1 aromatic carbocycles. The lowest BCUT2D eigenvalue weighted by Gasteiger charge is -2.13. The van der Waals surface area contributed by atoms with E-state index in [0.29, 0.717) is 23.7 Å². The Kier molecular flexibility index (Phi) is 5.65. The molecule has 4 nitrogen and oxygen atoms in total. The molecule has 0 saturated carbocycles. The molecule has 0 heterocycles. The molecular formula is C14H21NO3. The molecule has 18 heavy (non-hydrogen) atoms. The van der Waals surface area contributed by atoms with Gasteiger partial charge in [0.15, 0.2) is 0 Å². The summed E-state index contributed by atoms with van der Waals surface area (Å²) in [6.07, 6.45) is 0.190. The monoisotopic (exact) mass is 251 g/mol. The van der Waals surface area contributed by atoms with Gasteiger partial charge in [-0.05, 0) is 36.6 Å². The number of hydrogen-bond acceptors (Lipinski definition) is 3. The summed E-state index contributed by atoms with van der Waals surface area (Å²) in [5, 5.41) is 12.4. The molecule has 4 heteroatoms. The number of aliphatic hydroxyl groups excluding tert-OH is 1. The van der Waals surface area contributed by atoms with Crippen LogP contribution in [0.2, 0.25) is 0 Å². The van der Waals surface area contributed by atoms with Gasteiger partial charge in [-0.1, -0.05) is 13.8 Å². The Morgan fingerprint density at radius 2 is 1.94 bits per heavy atom. The number of ether oxygens (including phenoxy) is 1. The van der Waals surface area contributed by atoms with Crippen molar-refractivity contribution in [1.82, 2.24) is 5.32 Å². The van der Waals surface area contributed by atoms with Crippen LogP contribution in [0, 0.1) is 5.92 Å². The van der Waals surface area contributed by atoms with Crippen molar-refractivity contribution in [2.75, 3.05) is 13.7 Å². The van der Waals surface area contributed by atoms with E-state index in [9.17, 15) is 9.90 Å². The van der Waals surface area contributed by atoms with Crippen LogP contribution < -0.4 is 10.1 Å². The van der Waals surface area contributed by atoms with E-state index in [1.54, 1.807) is 31.4 Å². The molecule has 1 aromatic rings. The van der Waals surface area contributed by atoms with Gasteiger partial charge in [0.25, 0.3) is 5.91 Å². The molecule has 0 aliphatic heterocycles. The van der Waals surface area contributed by atoms with Crippen molar-refractivity contribution in [3.8, 4) is 5.75 Å². The van der Waals surface area contributed by atoms with Crippen LogP contribution in [-0.4, -0.2) is 30.8 Å². The average molecular weight is 251 g/mol. The third-order valence-electron chi connectivity index (χ3n) is 2.59. The fourth-order valence-corrected chi connectivity index (χ4v) is 1.68. The Morgan fingerprint density at radius 1 is 1.33 bits per heavy atom. The highest BCUT2D eigenvalue weighted by Crippen LogP contribution is 2.11. The molecule has 1 amide bonds. The highest BCUT2D eigenvalue weighted by molar-refractivity contribution is 5.94. The van der Waals surface area contributed by atoms with Crippen LogP contribution in [-0.2, 0) is 0 Å². The first-order valence-corrected chi connectivity index (χ1v) is 6.13. The third kappa shape index (κ3) is 4.75. The molecule has 0 aromatic heterocycles. The summed E-state index contributed by atoms with van der Waals surface area (Å²) in [7, 11) is 1.58. The lowest BCUT2D eigenvalue weighted by atomic mass is 10.1. The smallest absolute Gasteiger partial charge is 0.251 e. The Hall–Kier alpha value is -1.55. The second kappa shape index (κ2) is 7.01. The standard InChI is InChI=1S/C14H21NO3/c1-10(2)8-12(16)9-15-14(17)11-4-6-13(18-3)7-5-11/h4-7,10,12,16H,8-9H2,1-3H3,(H,15,17). The molecular weight excluding hydrogens is 230 g/mol. The van der Waals surface area contributed by atoms with Crippen molar-refractivity contribution < 1.29 is 14.6 Å². The van der Waals surface area contributed by atoms with Gasteiger partial charge in [-0.25, -0.2) is 0 Å². The van der Waals surface area contributed by atoms with Gasteiger partial charge >= 0.3 is 0 Å². The van der Waals surface area contributed by atoms with Gasteiger partial charge in [0.2, 0.25) is 0 Å². The molecule has 0 bridgehead atoms. The molecule has 1 rings (SSSR count). The molecule has 1 unspecified atom stereocenters. The van der Waals surface area contributed by atoms with Crippen LogP contribution in [0.1, 0.15) is 30.6 Å². The maximum atomic E-state index is 11.8. The molecule has 0 aliphatic rings. The molecule has 0 fully saturated rings. The minimum Gasteiger partial charge on any atom is -0.497 e. The van der Waals surface area contributed by atoms with Crippen molar-refractivity contribution in [3.63, 3.8) is 0 Å². The number of carbonyl (C=O) groups is 1. The van der Waals surface area contributed by atoms with Gasteiger partial charge in [-0.2, -0.15) is 0 Å². The van der Waals surface area contributed by atoms with Gasteiger partial charge in [-0.3, -0.25) is 4.79 Å². The fourth-order valence-electron chi connectivity index (χ4n) is 1.68. The summed E-state index contributed by atoms with van der Waals surface area (Å²) in [5.74, 6) is 0.949. The normalized spacial score (nSPS) is 12.3. The number of aliphatic hydroxyl groups is 1. The van der Waals surface area contributed by atoms with E-state index >= 15 is 0 Å². The van der Waals surface area contributed by atoms with Crippen LogP contribution in [0.3, 0.4) is 0 Å². The lowest BCUT2D eigenvalue weighted by Crippen LogP contribution is -2.32. The van der Waals surface area contributed by atoms with E-state index in [1.165, 1.54) is 0 Å². The predicted molar refractivity (Wildman–Crippen MR) is 70.8 cm³/mol. The maximum Gasteiger partial charge on any atom is 0.251 e. The van der Waals surface area contributed by atoms with E-state index in [4.69, 9.17) is 4.74 Å². The van der Waals surface area contributed by atoms with Crippen LogP contribution in [0.5, 0.6) is 5.75 Å². The molecule has 0 spiro atoms. The molecule has 2 N–H and O–H groups in total. The van der Waals surface area contributed by atoms with E-state index in [1.807, 2.05) is 13.8 Å². The van der Waals surface area contributed by atoms with Gasteiger partial charge < -0.3 is 15.2 Å². The van der Waals surface area contributed by atoms with Gasteiger partial charge in [0.1, 0.15) is 5.75 Å². The summed E-state index contributed by atoms with van der Waals surface area (Å²) in [6.45, 7) is 4.35. The summed E-state index contributed by atoms with van der Waals surface area (Å²) >= 11 is 0. The molecule has 0 saturated heterocycles. The number of methoxy groups -OCH3 is 1. The molecule has 0 radical (unpaired) electrons. The maximum absolute atomic E-state index is 11.8. The van der Waals surface area contributed by atoms with E-state index in [2.05, 4.69) is 5.32 Å². The van der Waals surface area contributed by atoms with E-state index < -0.39 is 6.10 Å². The summed E-state index contributed by atoms with van der Waals surface area (Å²) in [5.41, 5.74) is 0.563. The number of rotatable bonds is 6. The third-order valence-corrected chi connectivity index (χ3v) is 2.59. The van der Waals surface area contributed by atoms with E-state index in [-0.39, 0.29) is 12.5 Å². The van der Waals surface area contributed by atoms with Crippen molar-refractivity contribution in [2.24, 2.45) is 5.92 Å². The van der Waals surface area contributed by atoms with Crippen molar-refractivity contribution in [1.29, 1.82) is 0 Å². The molecule has 100 valence electrons. The van der Waals surface area contributed by atoms with Crippen LogP contribution >= 0.6 is 0 Å². The zero-order chi connectivity index (χ0) is 13.5. The summed E-state index contributed by atoms with van der Waals surface area (Å²) < 4.78 is 5.02. The number of amides is 1. The van der Waals surface area contributed by atoms with Crippen LogP contribution in [0.4, 0.5) is 0 Å². The quantitative estimate of drug-likeness (QED) is 0.811. The first-order valence-electron chi connectivity index (χ1n) is 6.13. The molecule has 1 atom stereocenters. The number of carbonyl (C=O) groups excluding carboxylic acids is 1. The summed E-state index contributed by atoms with van der Waals surface area (Å²) in [4.78, 5) is 11.8. The van der Waals surface area contributed by atoms with Crippen molar-refractivity contribution in [2.45, 2.75) is 26.4 Å². The Morgan fingerprint density at radius 3 is 2.44 bits per heavy atom. The first-order chi connectivity index (χ1) is 8.52.